The molecule has 0 fully saturated rings. The van der Waals surface area contributed by atoms with E-state index in [9.17, 15) is 5.26 Å². The van der Waals surface area contributed by atoms with Crippen LogP contribution in [0.2, 0.25) is 0 Å². The topological polar surface area (TPSA) is 33.0 Å². The van der Waals surface area contributed by atoms with Crippen LogP contribution in [0.5, 0.6) is 0 Å². The van der Waals surface area contributed by atoms with Crippen LogP contribution in [0.1, 0.15) is 44.2 Å². The van der Waals surface area contributed by atoms with Crippen molar-refractivity contribution in [1.29, 1.82) is 5.26 Å². The fourth-order valence-electron chi connectivity index (χ4n) is 3.24. The molecule has 2 heteroatoms. The average molecular weight is 291 g/mol. The van der Waals surface area contributed by atoms with E-state index in [0.29, 0.717) is 0 Å². The van der Waals surface area contributed by atoms with E-state index in [1.165, 1.54) is 22.3 Å². The summed E-state index contributed by atoms with van der Waals surface area (Å²) in [7, 11) is 0. The molecule has 1 aliphatic carbocycles. The van der Waals surface area contributed by atoms with Crippen molar-refractivity contribution < 1.29 is 4.74 Å². The summed E-state index contributed by atoms with van der Waals surface area (Å²) >= 11 is 0. The van der Waals surface area contributed by atoms with Crippen molar-refractivity contribution in [2.24, 2.45) is 0 Å². The monoisotopic (exact) mass is 291 g/mol. The molecule has 0 amide bonds. The van der Waals surface area contributed by atoms with Crippen molar-refractivity contribution in [2.45, 2.75) is 45.6 Å². The minimum Gasteiger partial charge on any atom is -0.489 e. The molecule has 112 valence electrons. The molecule has 0 N–H and O–H groups in total. The van der Waals surface area contributed by atoms with E-state index in [1.807, 2.05) is 19.1 Å². The standard InChI is InChI=1S/C20H21NO/c1-3-14(13-21)11-16-10-9-15-7-5-6-8-18(15)20-19(16)12-17(4-2)22-20/h3,5-8,11,17H,4,9-10,12H2,1-2H3/b14-3+,16-11+. The lowest BCUT2D eigenvalue weighted by Gasteiger charge is -2.13. The Morgan fingerprint density at radius 3 is 2.91 bits per heavy atom. The SMILES string of the molecule is C/C=C(C#N)\C=C1/CCc2ccccc2C2=C1CC(CC)O2. The summed E-state index contributed by atoms with van der Waals surface area (Å²) in [5, 5.41) is 9.23. The summed E-state index contributed by atoms with van der Waals surface area (Å²) in [6.45, 7) is 4.08. The smallest absolute Gasteiger partial charge is 0.130 e. The minimum absolute atomic E-state index is 0.260. The highest BCUT2D eigenvalue weighted by Crippen LogP contribution is 2.42. The normalized spacial score (nSPS) is 22.7. The lowest BCUT2D eigenvalue weighted by atomic mass is 9.95. The Hall–Kier alpha value is -2.27. The summed E-state index contributed by atoms with van der Waals surface area (Å²) in [4.78, 5) is 0. The third-order valence-electron chi connectivity index (χ3n) is 4.53. The summed E-state index contributed by atoms with van der Waals surface area (Å²) < 4.78 is 6.24. The van der Waals surface area contributed by atoms with Gasteiger partial charge < -0.3 is 4.74 Å². The molecule has 0 aromatic heterocycles. The molecule has 1 heterocycles. The third kappa shape index (κ3) is 2.60. The van der Waals surface area contributed by atoms with E-state index in [0.717, 1.165) is 37.0 Å². The van der Waals surface area contributed by atoms with Crippen molar-refractivity contribution >= 4 is 5.76 Å². The van der Waals surface area contributed by atoms with Crippen molar-refractivity contribution in [3.63, 3.8) is 0 Å². The number of benzene rings is 1. The predicted octanol–water partition coefficient (Wildman–Crippen LogP) is 4.94. The Balaban J connectivity index is 2.10. The number of allylic oxidation sites excluding steroid dienone is 4. The lowest BCUT2D eigenvalue weighted by molar-refractivity contribution is 0.186. The molecule has 0 spiro atoms. The van der Waals surface area contributed by atoms with Gasteiger partial charge in [0, 0.05) is 23.1 Å². The number of hydrogen-bond donors (Lipinski definition) is 0. The number of aryl methyl sites for hydroxylation is 1. The van der Waals surface area contributed by atoms with Gasteiger partial charge in [-0.2, -0.15) is 5.26 Å². The van der Waals surface area contributed by atoms with Gasteiger partial charge in [0.15, 0.2) is 0 Å². The van der Waals surface area contributed by atoms with E-state index in [2.05, 4.69) is 37.3 Å². The summed E-state index contributed by atoms with van der Waals surface area (Å²) in [5.41, 5.74) is 5.86. The number of hydrogen-bond acceptors (Lipinski definition) is 2. The molecule has 1 aromatic carbocycles. The zero-order valence-corrected chi connectivity index (χ0v) is 13.2. The molecule has 0 saturated carbocycles. The van der Waals surface area contributed by atoms with Gasteiger partial charge in [0.2, 0.25) is 0 Å². The minimum atomic E-state index is 0.260. The molecular formula is C20H21NO. The van der Waals surface area contributed by atoms with Gasteiger partial charge in [-0.15, -0.1) is 0 Å². The first-order valence-corrected chi connectivity index (χ1v) is 8.02. The van der Waals surface area contributed by atoms with Crippen LogP contribution in [0.4, 0.5) is 0 Å². The van der Waals surface area contributed by atoms with Crippen molar-refractivity contribution in [3.8, 4) is 6.07 Å². The van der Waals surface area contributed by atoms with E-state index >= 15 is 0 Å². The van der Waals surface area contributed by atoms with E-state index < -0.39 is 0 Å². The van der Waals surface area contributed by atoms with E-state index in [-0.39, 0.29) is 6.10 Å². The molecule has 0 radical (unpaired) electrons. The number of rotatable bonds is 2. The summed E-state index contributed by atoms with van der Waals surface area (Å²) in [5.74, 6) is 1.04. The molecule has 1 aliphatic heterocycles. The fraction of sp³-hybridized carbons (Fsp3) is 0.350. The first-order chi connectivity index (χ1) is 10.8. The van der Waals surface area contributed by atoms with Crippen molar-refractivity contribution in [2.75, 3.05) is 0 Å². The second-order valence-corrected chi connectivity index (χ2v) is 5.84. The Labute approximate surface area is 132 Å². The first kappa shape index (κ1) is 14.7. The highest BCUT2D eigenvalue weighted by molar-refractivity contribution is 5.73. The van der Waals surface area contributed by atoms with Crippen LogP contribution in [0, 0.1) is 11.3 Å². The molecule has 1 atom stereocenters. The third-order valence-corrected chi connectivity index (χ3v) is 4.53. The van der Waals surface area contributed by atoms with Gasteiger partial charge in [-0.3, -0.25) is 0 Å². The van der Waals surface area contributed by atoms with Gasteiger partial charge in [-0.1, -0.05) is 37.3 Å². The Bertz CT molecular complexity index is 715. The molecule has 1 aromatic rings. The fourth-order valence-corrected chi connectivity index (χ4v) is 3.24. The van der Waals surface area contributed by atoms with E-state index in [1.54, 1.807) is 0 Å². The molecule has 2 aliphatic rings. The zero-order chi connectivity index (χ0) is 15.5. The van der Waals surface area contributed by atoms with Gasteiger partial charge >= 0.3 is 0 Å². The van der Waals surface area contributed by atoms with Crippen LogP contribution in [0.15, 0.2) is 53.1 Å². The summed E-state index contributed by atoms with van der Waals surface area (Å²) in [6, 6.07) is 10.8. The highest BCUT2D eigenvalue weighted by Gasteiger charge is 2.30. The molecular weight excluding hydrogens is 270 g/mol. The second-order valence-electron chi connectivity index (χ2n) is 5.84. The van der Waals surface area contributed by atoms with Crippen LogP contribution >= 0.6 is 0 Å². The van der Waals surface area contributed by atoms with E-state index in [4.69, 9.17) is 4.74 Å². The molecule has 2 nitrogen and oxygen atoms in total. The lowest BCUT2D eigenvalue weighted by Crippen LogP contribution is -2.05. The molecule has 3 rings (SSSR count). The van der Waals surface area contributed by atoms with Crippen molar-refractivity contribution in [1.82, 2.24) is 0 Å². The Morgan fingerprint density at radius 2 is 2.18 bits per heavy atom. The molecule has 0 saturated heterocycles. The second kappa shape index (κ2) is 6.23. The van der Waals surface area contributed by atoms with Crippen LogP contribution < -0.4 is 0 Å². The van der Waals surface area contributed by atoms with Gasteiger partial charge in [-0.05, 0) is 43.4 Å². The Morgan fingerprint density at radius 1 is 1.36 bits per heavy atom. The maximum atomic E-state index is 9.23. The van der Waals surface area contributed by atoms with Crippen molar-refractivity contribution in [3.05, 3.63) is 64.3 Å². The number of nitrogens with zero attached hydrogens (tertiary/aromatic N) is 1. The first-order valence-electron chi connectivity index (χ1n) is 8.02. The van der Waals surface area contributed by atoms with Crippen LogP contribution in [-0.4, -0.2) is 6.10 Å². The predicted molar refractivity (Wildman–Crippen MR) is 88.9 cm³/mol. The van der Waals surface area contributed by atoms with Crippen LogP contribution in [0.3, 0.4) is 0 Å². The van der Waals surface area contributed by atoms with Gasteiger partial charge in [0.05, 0.1) is 6.07 Å². The van der Waals surface area contributed by atoms with Crippen LogP contribution in [0.25, 0.3) is 5.76 Å². The quantitative estimate of drug-likeness (QED) is 0.723. The highest BCUT2D eigenvalue weighted by atomic mass is 16.5. The number of ether oxygens (including phenoxy) is 1. The van der Waals surface area contributed by atoms with Gasteiger partial charge in [0.25, 0.3) is 0 Å². The molecule has 1 unspecified atom stereocenters. The Kier molecular flexibility index (Phi) is 4.15. The summed E-state index contributed by atoms with van der Waals surface area (Å²) in [6.07, 6.45) is 8.11. The molecule has 0 bridgehead atoms. The maximum Gasteiger partial charge on any atom is 0.130 e. The van der Waals surface area contributed by atoms with Crippen LogP contribution in [-0.2, 0) is 11.2 Å². The largest absolute Gasteiger partial charge is 0.489 e. The number of nitriles is 1. The van der Waals surface area contributed by atoms with Gasteiger partial charge in [0.1, 0.15) is 11.9 Å². The van der Waals surface area contributed by atoms with Gasteiger partial charge in [-0.25, -0.2) is 0 Å². The molecule has 22 heavy (non-hydrogen) atoms. The maximum absolute atomic E-state index is 9.23. The average Bonchev–Trinajstić information content (AvgIpc) is 2.94. The zero-order valence-electron chi connectivity index (χ0n) is 13.2. The number of fused-ring (bicyclic) bond motifs is 2.